The average Bonchev–Trinajstić information content (AvgIpc) is 3.10. The summed E-state index contributed by atoms with van der Waals surface area (Å²) in [5.74, 6) is 1.56. The van der Waals surface area contributed by atoms with Crippen LogP contribution in [0.25, 0.3) is 0 Å². The minimum atomic E-state index is 0.738. The van der Waals surface area contributed by atoms with Gasteiger partial charge in [-0.05, 0) is 92.4 Å². The lowest BCUT2D eigenvalue weighted by Crippen LogP contribution is -2.27. The van der Waals surface area contributed by atoms with Crippen LogP contribution in [0.1, 0.15) is 65.2 Å². The van der Waals surface area contributed by atoms with Crippen LogP contribution in [0.4, 0.5) is 0 Å². The van der Waals surface area contributed by atoms with Crippen molar-refractivity contribution in [2.75, 3.05) is 0 Å². The SMILES string of the molecule is C/C=C\C=C1/CC(CC2=C(/C=C/C3=CCCCC4=C3CC=C4)C=CCC2)C1C. The zero-order valence-corrected chi connectivity index (χ0v) is 17.6. The van der Waals surface area contributed by atoms with Gasteiger partial charge in [0, 0.05) is 0 Å². The molecule has 4 aliphatic rings. The van der Waals surface area contributed by atoms with Gasteiger partial charge in [-0.15, -0.1) is 0 Å². The number of hydrogen-bond donors (Lipinski definition) is 0. The maximum absolute atomic E-state index is 2.46. The van der Waals surface area contributed by atoms with E-state index >= 15 is 0 Å². The summed E-state index contributed by atoms with van der Waals surface area (Å²) in [6.07, 6.45) is 33.2. The molecule has 4 rings (SSSR count). The topological polar surface area (TPSA) is 0 Å². The molecule has 4 aliphatic carbocycles. The summed E-state index contributed by atoms with van der Waals surface area (Å²) in [4.78, 5) is 0. The summed E-state index contributed by atoms with van der Waals surface area (Å²) in [5, 5.41) is 0. The van der Waals surface area contributed by atoms with Crippen molar-refractivity contribution in [3.05, 3.63) is 94.2 Å². The first kappa shape index (κ1) is 19.2. The van der Waals surface area contributed by atoms with Crippen molar-refractivity contribution in [1.29, 1.82) is 0 Å². The van der Waals surface area contributed by atoms with Crippen LogP contribution < -0.4 is 0 Å². The molecule has 0 aromatic rings. The highest BCUT2D eigenvalue weighted by Gasteiger charge is 2.32. The van der Waals surface area contributed by atoms with Crippen molar-refractivity contribution in [2.24, 2.45) is 11.8 Å². The third kappa shape index (κ3) is 4.17. The Kier molecular flexibility index (Phi) is 6.15. The largest absolute Gasteiger partial charge is 0.0877 e. The molecule has 2 unspecified atom stereocenters. The molecule has 0 heteroatoms. The van der Waals surface area contributed by atoms with Gasteiger partial charge in [0.25, 0.3) is 0 Å². The lowest BCUT2D eigenvalue weighted by Gasteiger charge is -2.38. The van der Waals surface area contributed by atoms with E-state index in [-0.39, 0.29) is 0 Å². The Hall–Kier alpha value is -2.08. The van der Waals surface area contributed by atoms with Crippen LogP contribution in [0.2, 0.25) is 0 Å². The fourth-order valence-electron chi connectivity index (χ4n) is 5.05. The molecule has 0 saturated heterocycles. The van der Waals surface area contributed by atoms with Gasteiger partial charge in [-0.2, -0.15) is 0 Å². The van der Waals surface area contributed by atoms with Crippen LogP contribution in [-0.4, -0.2) is 0 Å². The first-order valence-corrected chi connectivity index (χ1v) is 11.2. The van der Waals surface area contributed by atoms with Crippen LogP contribution in [0.3, 0.4) is 0 Å². The molecule has 0 amide bonds. The van der Waals surface area contributed by atoms with Crippen molar-refractivity contribution in [3.8, 4) is 0 Å². The van der Waals surface area contributed by atoms with Crippen molar-refractivity contribution in [3.63, 3.8) is 0 Å². The minimum Gasteiger partial charge on any atom is -0.0877 e. The highest BCUT2D eigenvalue weighted by atomic mass is 14.4. The van der Waals surface area contributed by atoms with Crippen LogP contribution in [0.15, 0.2) is 94.2 Å². The highest BCUT2D eigenvalue weighted by Crippen LogP contribution is 2.45. The molecule has 0 bridgehead atoms. The number of allylic oxidation sites excluding steroid dienone is 16. The summed E-state index contributed by atoms with van der Waals surface area (Å²) < 4.78 is 0. The Morgan fingerprint density at radius 2 is 2.00 bits per heavy atom. The van der Waals surface area contributed by atoms with Gasteiger partial charge >= 0.3 is 0 Å². The molecule has 0 aliphatic heterocycles. The van der Waals surface area contributed by atoms with Gasteiger partial charge in [0.05, 0.1) is 0 Å². The Balaban J connectivity index is 1.48. The van der Waals surface area contributed by atoms with Gasteiger partial charge in [0.15, 0.2) is 0 Å². The van der Waals surface area contributed by atoms with Crippen molar-refractivity contribution in [1.82, 2.24) is 0 Å². The Bertz CT molecular complexity index is 844. The summed E-state index contributed by atoms with van der Waals surface area (Å²) in [6.45, 7) is 4.51. The Labute approximate surface area is 171 Å². The average molecular weight is 371 g/mol. The van der Waals surface area contributed by atoms with Crippen molar-refractivity contribution < 1.29 is 0 Å². The molecule has 0 nitrogen and oxygen atoms in total. The van der Waals surface area contributed by atoms with Gasteiger partial charge in [-0.1, -0.05) is 78.8 Å². The molecule has 0 radical (unpaired) electrons. The van der Waals surface area contributed by atoms with E-state index in [1.807, 2.05) is 0 Å². The van der Waals surface area contributed by atoms with E-state index in [4.69, 9.17) is 0 Å². The van der Waals surface area contributed by atoms with E-state index in [9.17, 15) is 0 Å². The lowest BCUT2D eigenvalue weighted by molar-refractivity contribution is 0.292. The van der Waals surface area contributed by atoms with Crippen LogP contribution in [-0.2, 0) is 0 Å². The molecule has 0 N–H and O–H groups in total. The minimum absolute atomic E-state index is 0.738. The molecule has 1 fully saturated rings. The molecule has 0 aromatic carbocycles. The fourth-order valence-corrected chi connectivity index (χ4v) is 5.05. The van der Waals surface area contributed by atoms with Gasteiger partial charge in [-0.3, -0.25) is 0 Å². The Morgan fingerprint density at radius 1 is 1.07 bits per heavy atom. The van der Waals surface area contributed by atoms with E-state index < -0.39 is 0 Å². The molecule has 2 atom stereocenters. The summed E-state index contributed by atoms with van der Waals surface area (Å²) in [5.41, 5.74) is 9.39. The first-order chi connectivity index (χ1) is 13.8. The highest BCUT2D eigenvalue weighted by molar-refractivity contribution is 5.53. The fraction of sp³-hybridized carbons (Fsp3) is 0.429. The quantitative estimate of drug-likeness (QED) is 0.458. The second-order valence-corrected chi connectivity index (χ2v) is 8.72. The summed E-state index contributed by atoms with van der Waals surface area (Å²) in [7, 11) is 0. The van der Waals surface area contributed by atoms with E-state index in [1.54, 1.807) is 22.3 Å². The van der Waals surface area contributed by atoms with Gasteiger partial charge in [-0.25, -0.2) is 0 Å². The van der Waals surface area contributed by atoms with Gasteiger partial charge < -0.3 is 0 Å². The molecule has 146 valence electrons. The maximum atomic E-state index is 2.46. The predicted octanol–water partition coefficient (Wildman–Crippen LogP) is 8.10. The smallest absolute Gasteiger partial charge is 0.00857 e. The van der Waals surface area contributed by atoms with E-state index in [2.05, 4.69) is 74.6 Å². The van der Waals surface area contributed by atoms with Crippen LogP contribution in [0, 0.1) is 11.8 Å². The second-order valence-electron chi connectivity index (χ2n) is 8.72. The van der Waals surface area contributed by atoms with Crippen LogP contribution >= 0.6 is 0 Å². The second kappa shape index (κ2) is 8.95. The van der Waals surface area contributed by atoms with E-state index in [0.717, 1.165) is 18.3 Å². The zero-order valence-electron chi connectivity index (χ0n) is 17.6. The third-order valence-corrected chi connectivity index (χ3v) is 6.95. The van der Waals surface area contributed by atoms with E-state index in [0.29, 0.717) is 0 Å². The van der Waals surface area contributed by atoms with Gasteiger partial charge in [0.1, 0.15) is 0 Å². The first-order valence-electron chi connectivity index (χ1n) is 11.2. The summed E-state index contributed by atoms with van der Waals surface area (Å²) in [6, 6.07) is 0. The molecule has 0 aromatic heterocycles. The summed E-state index contributed by atoms with van der Waals surface area (Å²) >= 11 is 0. The monoisotopic (exact) mass is 370 g/mol. The molecule has 0 heterocycles. The normalized spacial score (nSPS) is 29.1. The molecular weight excluding hydrogens is 336 g/mol. The van der Waals surface area contributed by atoms with E-state index in [1.165, 1.54) is 56.1 Å². The molecule has 28 heavy (non-hydrogen) atoms. The van der Waals surface area contributed by atoms with Crippen molar-refractivity contribution in [2.45, 2.75) is 65.2 Å². The zero-order chi connectivity index (χ0) is 19.3. The lowest BCUT2D eigenvalue weighted by atomic mass is 9.66. The maximum Gasteiger partial charge on any atom is -0.00857 e. The Morgan fingerprint density at radius 3 is 2.86 bits per heavy atom. The molecule has 0 spiro atoms. The van der Waals surface area contributed by atoms with Gasteiger partial charge in [0.2, 0.25) is 0 Å². The standard InChI is InChI=1S/C28H34/c1-3-4-10-25-19-27(21(25)2)20-26-14-8-5-11-22(26)17-18-24-13-7-6-12-23-15-9-16-28(23)24/h3-5,9-11,13,15,17-18,21,27H,6-8,12,14,16,19-20H2,1-2H3/b4-3-,18-17+,25-10+. The molecular formula is C28H34. The predicted molar refractivity (Wildman–Crippen MR) is 122 cm³/mol. The van der Waals surface area contributed by atoms with Crippen molar-refractivity contribution >= 4 is 0 Å². The molecule has 1 saturated carbocycles. The number of hydrogen-bond acceptors (Lipinski definition) is 0. The van der Waals surface area contributed by atoms with Crippen LogP contribution in [0.5, 0.6) is 0 Å². The third-order valence-electron chi connectivity index (χ3n) is 6.95. The number of rotatable bonds is 5.